The van der Waals surface area contributed by atoms with Gasteiger partial charge in [0.15, 0.2) is 17.3 Å². The summed E-state index contributed by atoms with van der Waals surface area (Å²) in [6.07, 6.45) is 0. The van der Waals surface area contributed by atoms with Crippen LogP contribution in [0, 0.1) is 6.92 Å². The van der Waals surface area contributed by atoms with Crippen LogP contribution in [0.1, 0.15) is 34.7 Å². The first-order chi connectivity index (χ1) is 11.9. The summed E-state index contributed by atoms with van der Waals surface area (Å²) in [7, 11) is 5.41. The van der Waals surface area contributed by atoms with E-state index in [1.165, 1.54) is 10.5 Å². The third-order valence-corrected chi connectivity index (χ3v) is 4.37. The van der Waals surface area contributed by atoms with Crippen LogP contribution in [-0.2, 0) is 0 Å². The summed E-state index contributed by atoms with van der Waals surface area (Å²) in [6.45, 7) is 3.93. The molecule has 0 radical (unpaired) electrons. The lowest BCUT2D eigenvalue weighted by molar-refractivity contribution is 0.0828. The molecule has 0 bridgehead atoms. The normalized spacial score (nSPS) is 12.2. The van der Waals surface area contributed by atoms with Crippen LogP contribution in [0.25, 0.3) is 5.65 Å². The fourth-order valence-electron chi connectivity index (χ4n) is 2.69. The van der Waals surface area contributed by atoms with Crippen molar-refractivity contribution in [1.29, 1.82) is 0 Å². The molecule has 7 nitrogen and oxygen atoms in total. The third kappa shape index (κ3) is 3.05. The van der Waals surface area contributed by atoms with Gasteiger partial charge in [-0.05, 0) is 25.5 Å². The minimum absolute atomic E-state index is 0.102. The first kappa shape index (κ1) is 16.9. The molecule has 1 atom stereocenters. The van der Waals surface area contributed by atoms with Crippen LogP contribution in [0.15, 0.2) is 36.4 Å². The van der Waals surface area contributed by atoms with E-state index in [1.54, 1.807) is 24.7 Å². The largest absolute Gasteiger partial charge is 0.351 e. The van der Waals surface area contributed by atoms with Crippen molar-refractivity contribution < 1.29 is 4.79 Å². The van der Waals surface area contributed by atoms with E-state index in [2.05, 4.69) is 34.4 Å². The van der Waals surface area contributed by atoms with Crippen molar-refractivity contribution in [2.75, 3.05) is 26.0 Å². The van der Waals surface area contributed by atoms with E-state index in [0.717, 1.165) is 0 Å². The number of aromatic nitrogens is 4. The van der Waals surface area contributed by atoms with Gasteiger partial charge in [0.1, 0.15) is 0 Å². The highest BCUT2D eigenvalue weighted by Gasteiger charge is 2.21. The number of fused-ring (bicyclic) bond motifs is 1. The Balaban J connectivity index is 2.10. The van der Waals surface area contributed by atoms with Gasteiger partial charge in [-0.1, -0.05) is 30.3 Å². The van der Waals surface area contributed by atoms with Gasteiger partial charge in [0.25, 0.3) is 5.91 Å². The number of aryl methyl sites for hydroxylation is 1. The second-order valence-corrected chi connectivity index (χ2v) is 6.30. The minimum atomic E-state index is -0.123. The molecule has 2 heterocycles. The average molecular weight is 338 g/mol. The molecule has 0 unspecified atom stereocenters. The van der Waals surface area contributed by atoms with E-state index in [9.17, 15) is 4.79 Å². The molecule has 2 aromatic heterocycles. The molecule has 0 spiro atoms. The molecular weight excluding hydrogens is 316 g/mol. The monoisotopic (exact) mass is 338 g/mol. The molecule has 0 N–H and O–H groups in total. The molecule has 3 aromatic rings. The minimum Gasteiger partial charge on any atom is -0.351 e. The maximum Gasteiger partial charge on any atom is 0.257 e. The third-order valence-electron chi connectivity index (χ3n) is 4.37. The number of hydrogen-bond donors (Lipinski definition) is 0. The molecule has 3 rings (SSSR count). The van der Waals surface area contributed by atoms with Gasteiger partial charge in [-0.15, -0.1) is 15.3 Å². The molecule has 0 aliphatic heterocycles. The quantitative estimate of drug-likeness (QED) is 0.730. The number of carbonyl (C=O) groups excluding carboxylic acids is 1. The van der Waals surface area contributed by atoms with Gasteiger partial charge in [0, 0.05) is 21.1 Å². The fraction of sp³-hybridized carbons (Fsp3) is 0.333. The fourth-order valence-corrected chi connectivity index (χ4v) is 2.69. The summed E-state index contributed by atoms with van der Waals surface area (Å²) >= 11 is 0. The molecule has 0 aliphatic rings. The SMILES string of the molecule is Cc1nnc2c(C(=O)N(C)C)cc(N(C)[C@@H](C)c3ccccc3)nn12. The zero-order valence-corrected chi connectivity index (χ0v) is 15.1. The van der Waals surface area contributed by atoms with Crippen molar-refractivity contribution in [3.8, 4) is 0 Å². The van der Waals surface area contributed by atoms with Crippen LogP contribution >= 0.6 is 0 Å². The van der Waals surface area contributed by atoms with Crippen molar-refractivity contribution in [3.63, 3.8) is 0 Å². The van der Waals surface area contributed by atoms with E-state index in [1.807, 2.05) is 37.1 Å². The predicted molar refractivity (Wildman–Crippen MR) is 96.8 cm³/mol. The van der Waals surface area contributed by atoms with E-state index in [-0.39, 0.29) is 11.9 Å². The van der Waals surface area contributed by atoms with E-state index < -0.39 is 0 Å². The zero-order chi connectivity index (χ0) is 18.1. The smallest absolute Gasteiger partial charge is 0.257 e. The van der Waals surface area contributed by atoms with Gasteiger partial charge in [-0.2, -0.15) is 4.52 Å². The number of amides is 1. The molecule has 1 aromatic carbocycles. The number of nitrogens with zero attached hydrogens (tertiary/aromatic N) is 6. The highest BCUT2D eigenvalue weighted by Crippen LogP contribution is 2.25. The molecular formula is C18H22N6O. The molecule has 7 heteroatoms. The van der Waals surface area contributed by atoms with Crippen LogP contribution in [0.5, 0.6) is 0 Å². The van der Waals surface area contributed by atoms with Crippen LogP contribution in [0.3, 0.4) is 0 Å². The Morgan fingerprint density at radius 1 is 1.12 bits per heavy atom. The molecule has 0 saturated heterocycles. The second kappa shape index (κ2) is 6.51. The standard InChI is InChI=1S/C18H22N6O/c1-12(14-9-7-6-8-10-14)23(5)16-11-15(18(25)22(3)4)17-20-19-13(2)24(17)21-16/h6-12H,1-5H3/t12-/m0/s1. The van der Waals surface area contributed by atoms with Gasteiger partial charge in [0.05, 0.1) is 11.6 Å². The van der Waals surface area contributed by atoms with Crippen LogP contribution in [0.2, 0.25) is 0 Å². The summed E-state index contributed by atoms with van der Waals surface area (Å²) in [6, 6.07) is 12.1. The summed E-state index contributed by atoms with van der Waals surface area (Å²) in [5.74, 6) is 1.21. The highest BCUT2D eigenvalue weighted by atomic mass is 16.2. The zero-order valence-electron chi connectivity index (χ0n) is 15.1. The average Bonchev–Trinajstić information content (AvgIpc) is 3.00. The first-order valence-corrected chi connectivity index (χ1v) is 8.12. The topological polar surface area (TPSA) is 66.6 Å². The van der Waals surface area contributed by atoms with Crippen molar-refractivity contribution in [2.45, 2.75) is 19.9 Å². The molecule has 0 aliphatic carbocycles. The number of rotatable bonds is 4. The predicted octanol–water partition coefficient (Wildman–Crippen LogP) is 2.33. The van der Waals surface area contributed by atoms with Crippen molar-refractivity contribution in [2.24, 2.45) is 0 Å². The van der Waals surface area contributed by atoms with Crippen LogP contribution in [-0.4, -0.2) is 51.8 Å². The first-order valence-electron chi connectivity index (χ1n) is 8.12. The molecule has 0 saturated carbocycles. The summed E-state index contributed by atoms with van der Waals surface area (Å²) in [5, 5.41) is 12.8. The Hall–Kier alpha value is -2.96. The van der Waals surface area contributed by atoms with E-state index >= 15 is 0 Å². The van der Waals surface area contributed by atoms with Crippen molar-refractivity contribution in [3.05, 3.63) is 53.3 Å². The maximum atomic E-state index is 12.6. The highest BCUT2D eigenvalue weighted by molar-refractivity contribution is 6.00. The van der Waals surface area contributed by atoms with Crippen molar-refractivity contribution >= 4 is 17.4 Å². The van der Waals surface area contributed by atoms with Gasteiger partial charge >= 0.3 is 0 Å². The summed E-state index contributed by atoms with van der Waals surface area (Å²) < 4.78 is 1.63. The Morgan fingerprint density at radius 2 is 1.80 bits per heavy atom. The van der Waals surface area contributed by atoms with Crippen LogP contribution in [0.4, 0.5) is 5.82 Å². The number of benzene rings is 1. The molecule has 25 heavy (non-hydrogen) atoms. The number of anilines is 1. The Labute approximate surface area is 146 Å². The van der Waals surface area contributed by atoms with E-state index in [0.29, 0.717) is 22.9 Å². The van der Waals surface area contributed by atoms with Gasteiger partial charge in [0.2, 0.25) is 0 Å². The Bertz CT molecular complexity index is 903. The van der Waals surface area contributed by atoms with Crippen LogP contribution < -0.4 is 4.90 Å². The number of carbonyl (C=O) groups is 1. The summed E-state index contributed by atoms with van der Waals surface area (Å²) in [5.41, 5.74) is 2.14. The molecule has 0 fully saturated rings. The lowest BCUT2D eigenvalue weighted by Gasteiger charge is -2.26. The van der Waals surface area contributed by atoms with Gasteiger partial charge < -0.3 is 9.80 Å². The van der Waals surface area contributed by atoms with E-state index in [4.69, 9.17) is 0 Å². The summed E-state index contributed by atoms with van der Waals surface area (Å²) in [4.78, 5) is 16.2. The molecule has 1 amide bonds. The Kier molecular flexibility index (Phi) is 4.39. The van der Waals surface area contributed by atoms with Gasteiger partial charge in [-0.25, -0.2) is 0 Å². The van der Waals surface area contributed by atoms with Gasteiger partial charge in [-0.3, -0.25) is 4.79 Å². The second-order valence-electron chi connectivity index (χ2n) is 6.30. The molecule has 130 valence electrons. The number of hydrogen-bond acceptors (Lipinski definition) is 5. The lowest BCUT2D eigenvalue weighted by Crippen LogP contribution is -2.26. The lowest BCUT2D eigenvalue weighted by atomic mass is 10.1. The maximum absolute atomic E-state index is 12.6. The Morgan fingerprint density at radius 3 is 2.44 bits per heavy atom. The van der Waals surface area contributed by atoms with Crippen molar-refractivity contribution in [1.82, 2.24) is 24.7 Å².